The topological polar surface area (TPSA) is 133 Å². The van der Waals surface area contributed by atoms with Crippen LogP contribution in [0.25, 0.3) is 0 Å². The molecule has 1 aliphatic rings. The van der Waals surface area contributed by atoms with Gasteiger partial charge in [0.15, 0.2) is 0 Å². The summed E-state index contributed by atoms with van der Waals surface area (Å²) in [6.07, 6.45) is 1.65. The summed E-state index contributed by atoms with van der Waals surface area (Å²) in [6, 6.07) is 10.7. The maximum atomic E-state index is 12.5. The van der Waals surface area contributed by atoms with Crippen molar-refractivity contribution in [1.29, 1.82) is 0 Å². The van der Waals surface area contributed by atoms with Gasteiger partial charge in [-0.05, 0) is 61.4 Å². The zero-order chi connectivity index (χ0) is 23.5. The van der Waals surface area contributed by atoms with E-state index in [2.05, 4.69) is 10.9 Å². The summed E-state index contributed by atoms with van der Waals surface area (Å²) in [7, 11) is -4.39. The molecule has 172 valence electrons. The van der Waals surface area contributed by atoms with Crippen LogP contribution in [0.3, 0.4) is 0 Å². The molecular weight excluding hydrogens is 456 g/mol. The van der Waals surface area contributed by atoms with E-state index in [0.717, 1.165) is 17.1 Å². The normalized spacial score (nSPS) is 15.0. The van der Waals surface area contributed by atoms with Crippen LogP contribution >= 0.6 is 0 Å². The fourth-order valence-electron chi connectivity index (χ4n) is 3.10. The van der Waals surface area contributed by atoms with Crippen molar-refractivity contribution in [3.63, 3.8) is 0 Å². The summed E-state index contributed by atoms with van der Waals surface area (Å²) in [5.74, 6) is -1.27. The minimum Gasteiger partial charge on any atom is -0.267 e. The van der Waals surface area contributed by atoms with Crippen molar-refractivity contribution >= 4 is 31.9 Å². The van der Waals surface area contributed by atoms with Gasteiger partial charge in [0.1, 0.15) is 0 Å². The van der Waals surface area contributed by atoms with Crippen LogP contribution in [0, 0.1) is 0 Å². The van der Waals surface area contributed by atoms with E-state index in [9.17, 15) is 26.4 Å². The van der Waals surface area contributed by atoms with Crippen molar-refractivity contribution in [3.8, 4) is 0 Å². The van der Waals surface area contributed by atoms with Crippen molar-refractivity contribution < 1.29 is 26.4 Å². The van der Waals surface area contributed by atoms with Gasteiger partial charge in [-0.25, -0.2) is 21.1 Å². The zero-order valence-corrected chi connectivity index (χ0v) is 19.2. The Kier molecular flexibility index (Phi) is 6.98. The van der Waals surface area contributed by atoms with Crippen LogP contribution in [0.1, 0.15) is 33.6 Å². The second kappa shape index (κ2) is 9.36. The van der Waals surface area contributed by atoms with Gasteiger partial charge in [0, 0.05) is 38.3 Å². The molecule has 10 nitrogen and oxygen atoms in total. The molecule has 1 fully saturated rings. The van der Waals surface area contributed by atoms with Crippen LogP contribution in [-0.2, 0) is 20.0 Å². The number of nitrogens with zero attached hydrogens (tertiary/aromatic N) is 2. The Morgan fingerprint density at radius 2 is 1.16 bits per heavy atom. The van der Waals surface area contributed by atoms with Crippen molar-refractivity contribution in [2.75, 3.05) is 27.2 Å². The minimum atomic E-state index is -3.61. The lowest BCUT2D eigenvalue weighted by molar-refractivity contribution is 0.0846. The molecule has 2 amide bonds. The Bertz CT molecular complexity index is 1200. The SMILES string of the molecule is CN(C)S(=O)(=O)c1ccc(C(=O)NNC(=O)c2ccc(S(=O)(=O)N3CCCC3)cc2)cc1. The van der Waals surface area contributed by atoms with Gasteiger partial charge in [0.2, 0.25) is 20.0 Å². The zero-order valence-electron chi connectivity index (χ0n) is 17.6. The number of benzene rings is 2. The quantitative estimate of drug-likeness (QED) is 0.588. The van der Waals surface area contributed by atoms with Crippen LogP contribution in [-0.4, -0.2) is 64.4 Å². The highest BCUT2D eigenvalue weighted by Crippen LogP contribution is 2.21. The molecule has 2 aromatic carbocycles. The molecule has 0 spiro atoms. The van der Waals surface area contributed by atoms with E-state index < -0.39 is 31.9 Å². The van der Waals surface area contributed by atoms with Crippen LogP contribution in [0.2, 0.25) is 0 Å². The number of rotatable bonds is 6. The minimum absolute atomic E-state index is 0.0343. The van der Waals surface area contributed by atoms with E-state index in [1.165, 1.54) is 66.9 Å². The van der Waals surface area contributed by atoms with Gasteiger partial charge in [-0.2, -0.15) is 4.31 Å². The molecule has 3 rings (SSSR count). The largest absolute Gasteiger partial charge is 0.269 e. The van der Waals surface area contributed by atoms with Crippen molar-refractivity contribution in [3.05, 3.63) is 59.7 Å². The van der Waals surface area contributed by atoms with Crippen LogP contribution < -0.4 is 10.9 Å². The molecule has 1 heterocycles. The van der Waals surface area contributed by atoms with Gasteiger partial charge in [0.25, 0.3) is 11.8 Å². The van der Waals surface area contributed by atoms with E-state index in [1.54, 1.807) is 0 Å². The number of amides is 2. The second-order valence-corrected chi connectivity index (χ2v) is 11.4. The van der Waals surface area contributed by atoms with Gasteiger partial charge < -0.3 is 0 Å². The third-order valence-corrected chi connectivity index (χ3v) is 8.75. The van der Waals surface area contributed by atoms with Crippen molar-refractivity contribution in [1.82, 2.24) is 19.5 Å². The highest BCUT2D eigenvalue weighted by Gasteiger charge is 2.27. The first kappa shape index (κ1) is 23.9. The molecule has 1 saturated heterocycles. The molecule has 0 radical (unpaired) electrons. The molecule has 0 atom stereocenters. The maximum Gasteiger partial charge on any atom is 0.269 e. The number of hydrogen-bond acceptors (Lipinski definition) is 6. The average Bonchev–Trinajstić information content (AvgIpc) is 3.33. The Labute approximate surface area is 187 Å². The number of sulfonamides is 2. The molecule has 2 aromatic rings. The lowest BCUT2D eigenvalue weighted by atomic mass is 10.2. The average molecular weight is 481 g/mol. The molecule has 32 heavy (non-hydrogen) atoms. The monoisotopic (exact) mass is 480 g/mol. The van der Waals surface area contributed by atoms with Gasteiger partial charge >= 0.3 is 0 Å². The van der Waals surface area contributed by atoms with Crippen molar-refractivity contribution in [2.24, 2.45) is 0 Å². The lowest BCUT2D eigenvalue weighted by Gasteiger charge is -2.15. The van der Waals surface area contributed by atoms with Crippen LogP contribution in [0.4, 0.5) is 0 Å². The first-order chi connectivity index (χ1) is 15.0. The van der Waals surface area contributed by atoms with E-state index in [4.69, 9.17) is 0 Å². The lowest BCUT2D eigenvalue weighted by Crippen LogP contribution is -2.41. The highest BCUT2D eigenvalue weighted by atomic mass is 32.2. The van der Waals surface area contributed by atoms with Gasteiger partial charge in [0.05, 0.1) is 9.79 Å². The molecular formula is C20H24N4O6S2. The molecule has 0 bridgehead atoms. The van der Waals surface area contributed by atoms with Crippen LogP contribution in [0.5, 0.6) is 0 Å². The number of carbonyl (C=O) groups excluding carboxylic acids is 2. The standard InChI is InChI=1S/C20H24N4O6S2/c1-23(2)31(27,28)17-9-5-15(6-10-17)19(25)21-22-20(26)16-7-11-18(12-8-16)32(29,30)24-13-3-4-14-24/h5-12H,3-4,13-14H2,1-2H3,(H,21,25)(H,22,26). The van der Waals surface area contributed by atoms with Gasteiger partial charge in [-0.15, -0.1) is 0 Å². The number of hydrogen-bond donors (Lipinski definition) is 2. The molecule has 12 heteroatoms. The number of carbonyl (C=O) groups is 2. The predicted molar refractivity (Wildman–Crippen MR) is 117 cm³/mol. The molecule has 2 N–H and O–H groups in total. The summed E-state index contributed by atoms with van der Waals surface area (Å²) in [5, 5.41) is 0. The van der Waals surface area contributed by atoms with E-state index in [-0.39, 0.29) is 20.9 Å². The van der Waals surface area contributed by atoms with Gasteiger partial charge in [-0.1, -0.05) is 0 Å². The molecule has 1 aliphatic heterocycles. The molecule has 0 unspecified atom stereocenters. The summed E-state index contributed by atoms with van der Waals surface area (Å²) >= 11 is 0. The Hall–Kier alpha value is -2.80. The Balaban J connectivity index is 1.61. The van der Waals surface area contributed by atoms with E-state index in [0.29, 0.717) is 13.1 Å². The third-order valence-electron chi connectivity index (χ3n) is 5.00. The fourth-order valence-corrected chi connectivity index (χ4v) is 5.52. The third kappa shape index (κ3) is 4.99. The van der Waals surface area contributed by atoms with Crippen molar-refractivity contribution in [2.45, 2.75) is 22.6 Å². The molecule has 0 aromatic heterocycles. The second-order valence-electron chi connectivity index (χ2n) is 7.36. The summed E-state index contributed by atoms with van der Waals surface area (Å²) < 4.78 is 51.7. The Morgan fingerprint density at radius 1 is 0.750 bits per heavy atom. The fraction of sp³-hybridized carbons (Fsp3) is 0.300. The summed E-state index contributed by atoms with van der Waals surface area (Å²) in [4.78, 5) is 24.7. The highest BCUT2D eigenvalue weighted by molar-refractivity contribution is 7.89. The smallest absolute Gasteiger partial charge is 0.267 e. The van der Waals surface area contributed by atoms with E-state index in [1.807, 2.05) is 0 Å². The van der Waals surface area contributed by atoms with Gasteiger partial charge in [-0.3, -0.25) is 20.4 Å². The summed E-state index contributed by atoms with van der Waals surface area (Å²) in [5.41, 5.74) is 4.80. The van der Waals surface area contributed by atoms with E-state index >= 15 is 0 Å². The first-order valence-electron chi connectivity index (χ1n) is 9.77. The molecule has 0 aliphatic carbocycles. The molecule has 0 saturated carbocycles. The summed E-state index contributed by atoms with van der Waals surface area (Å²) in [6.45, 7) is 0.970. The number of nitrogens with one attached hydrogen (secondary N) is 2. The Morgan fingerprint density at radius 3 is 1.56 bits per heavy atom. The van der Waals surface area contributed by atoms with Crippen LogP contribution in [0.15, 0.2) is 58.3 Å². The predicted octanol–water partition coefficient (Wildman–Crippen LogP) is 0.796. The maximum absolute atomic E-state index is 12.5. The number of hydrazine groups is 1. The first-order valence-corrected chi connectivity index (χ1v) is 12.6.